The molecule has 0 aliphatic rings. The van der Waals surface area contributed by atoms with Crippen LogP contribution < -0.4 is 0 Å². The molecule has 0 heteroatoms. The zero-order valence-corrected chi connectivity index (χ0v) is 20.9. The van der Waals surface area contributed by atoms with Crippen LogP contribution in [-0.4, -0.2) is 0 Å². The lowest BCUT2D eigenvalue weighted by Crippen LogP contribution is -1.95. The standard InChI is InChI=1S/C30H48/c1-9-29(21-13-19-27(7)17-11-15-25(3)4)23-24-30(10-2)22-14-20-28(8)18-12-16-26(5)6/h9-10,15-16,19-20,23,30H,1-2,11-14,17-18,21-22,24H2,3-8H3. The van der Waals surface area contributed by atoms with Gasteiger partial charge in [-0.15, -0.1) is 6.58 Å². The lowest BCUT2D eigenvalue weighted by Gasteiger charge is -2.10. The van der Waals surface area contributed by atoms with Gasteiger partial charge >= 0.3 is 0 Å². The van der Waals surface area contributed by atoms with Crippen molar-refractivity contribution in [1.82, 2.24) is 0 Å². The van der Waals surface area contributed by atoms with E-state index in [9.17, 15) is 0 Å². The molecular formula is C30H48. The third kappa shape index (κ3) is 17.1. The zero-order valence-electron chi connectivity index (χ0n) is 20.9. The van der Waals surface area contributed by atoms with E-state index in [1.165, 1.54) is 40.7 Å². The summed E-state index contributed by atoms with van der Waals surface area (Å²) in [5, 5.41) is 0. The topological polar surface area (TPSA) is 0 Å². The quantitative estimate of drug-likeness (QED) is 0.176. The van der Waals surface area contributed by atoms with Gasteiger partial charge < -0.3 is 0 Å². The Morgan fingerprint density at radius 2 is 1.13 bits per heavy atom. The van der Waals surface area contributed by atoms with Gasteiger partial charge in [-0.3, -0.25) is 0 Å². The second-order valence-corrected chi connectivity index (χ2v) is 9.07. The lowest BCUT2D eigenvalue weighted by molar-refractivity contribution is 0.604. The Labute approximate surface area is 188 Å². The highest BCUT2D eigenvalue weighted by Crippen LogP contribution is 2.19. The van der Waals surface area contributed by atoms with Crippen molar-refractivity contribution in [3.63, 3.8) is 0 Å². The van der Waals surface area contributed by atoms with Gasteiger partial charge in [0.15, 0.2) is 0 Å². The van der Waals surface area contributed by atoms with E-state index < -0.39 is 0 Å². The molecule has 0 aliphatic heterocycles. The maximum Gasteiger partial charge on any atom is -0.0198 e. The van der Waals surface area contributed by atoms with E-state index in [0.29, 0.717) is 5.92 Å². The molecular weight excluding hydrogens is 360 g/mol. The molecule has 30 heavy (non-hydrogen) atoms. The van der Waals surface area contributed by atoms with Crippen molar-refractivity contribution < 1.29 is 0 Å². The molecule has 0 aliphatic carbocycles. The van der Waals surface area contributed by atoms with Gasteiger partial charge in [0.25, 0.3) is 0 Å². The lowest BCUT2D eigenvalue weighted by atomic mass is 9.96. The number of rotatable bonds is 16. The van der Waals surface area contributed by atoms with E-state index in [1.807, 2.05) is 6.08 Å². The Balaban J connectivity index is 4.41. The monoisotopic (exact) mass is 408 g/mol. The minimum Gasteiger partial charge on any atom is -0.103 e. The van der Waals surface area contributed by atoms with Gasteiger partial charge in [-0.2, -0.15) is 0 Å². The number of hydrogen-bond donors (Lipinski definition) is 0. The fraction of sp³-hybridized carbons (Fsp3) is 0.533. The predicted octanol–water partition coefficient (Wildman–Crippen LogP) is 10.2. The molecule has 0 nitrogen and oxygen atoms in total. The molecule has 168 valence electrons. The minimum atomic E-state index is 0.545. The molecule has 0 N–H and O–H groups in total. The molecule has 0 rings (SSSR count). The van der Waals surface area contributed by atoms with Gasteiger partial charge in [-0.25, -0.2) is 0 Å². The van der Waals surface area contributed by atoms with Crippen LogP contribution in [0.3, 0.4) is 0 Å². The highest BCUT2D eigenvalue weighted by Gasteiger charge is 2.03. The van der Waals surface area contributed by atoms with Gasteiger partial charge in [0.2, 0.25) is 0 Å². The summed E-state index contributed by atoms with van der Waals surface area (Å²) >= 11 is 0. The van der Waals surface area contributed by atoms with Gasteiger partial charge in [-0.05, 0) is 105 Å². The van der Waals surface area contributed by atoms with Crippen LogP contribution in [0, 0.1) is 5.92 Å². The van der Waals surface area contributed by atoms with E-state index in [4.69, 9.17) is 0 Å². The van der Waals surface area contributed by atoms with Crippen LogP contribution in [0.2, 0.25) is 0 Å². The zero-order chi connectivity index (χ0) is 22.8. The summed E-state index contributed by atoms with van der Waals surface area (Å²) in [5.74, 6) is 0.545. The first-order valence-corrected chi connectivity index (χ1v) is 11.8. The molecule has 0 bridgehead atoms. The normalized spacial score (nSPS) is 13.6. The maximum absolute atomic E-state index is 4.06. The summed E-state index contributed by atoms with van der Waals surface area (Å²) in [5.41, 5.74) is 7.18. The number of allylic oxidation sites excluding steroid dienone is 12. The summed E-state index contributed by atoms with van der Waals surface area (Å²) < 4.78 is 0. The van der Waals surface area contributed by atoms with Crippen LogP contribution in [0.4, 0.5) is 0 Å². The molecule has 0 radical (unpaired) electrons. The summed E-state index contributed by atoms with van der Waals surface area (Å²) in [6, 6.07) is 0. The van der Waals surface area contributed by atoms with Gasteiger partial charge in [0.1, 0.15) is 0 Å². The van der Waals surface area contributed by atoms with E-state index in [1.54, 1.807) is 0 Å². The van der Waals surface area contributed by atoms with Crippen molar-refractivity contribution in [2.45, 2.75) is 99.3 Å². The van der Waals surface area contributed by atoms with Crippen molar-refractivity contribution in [3.05, 3.63) is 83.6 Å². The van der Waals surface area contributed by atoms with Crippen molar-refractivity contribution in [3.8, 4) is 0 Å². The number of hydrogen-bond acceptors (Lipinski definition) is 0. The van der Waals surface area contributed by atoms with E-state index in [2.05, 4.69) is 91.2 Å². The second kappa shape index (κ2) is 18.0. The molecule has 0 saturated heterocycles. The van der Waals surface area contributed by atoms with Crippen LogP contribution in [-0.2, 0) is 0 Å². The molecule has 0 aromatic carbocycles. The highest BCUT2D eigenvalue weighted by molar-refractivity contribution is 5.18. The van der Waals surface area contributed by atoms with Gasteiger partial charge in [-0.1, -0.05) is 77.0 Å². The Morgan fingerprint density at radius 3 is 1.60 bits per heavy atom. The first kappa shape index (κ1) is 28.2. The van der Waals surface area contributed by atoms with Crippen LogP contribution >= 0.6 is 0 Å². The van der Waals surface area contributed by atoms with Crippen LogP contribution in [0.5, 0.6) is 0 Å². The van der Waals surface area contributed by atoms with Crippen molar-refractivity contribution in [2.24, 2.45) is 5.92 Å². The first-order valence-electron chi connectivity index (χ1n) is 11.8. The van der Waals surface area contributed by atoms with Crippen LogP contribution in [0.25, 0.3) is 0 Å². The van der Waals surface area contributed by atoms with Crippen molar-refractivity contribution in [2.75, 3.05) is 0 Å². The van der Waals surface area contributed by atoms with Crippen LogP contribution in [0.15, 0.2) is 83.6 Å². The van der Waals surface area contributed by atoms with Gasteiger partial charge in [0.05, 0.1) is 0 Å². The Morgan fingerprint density at radius 1 is 0.633 bits per heavy atom. The predicted molar refractivity (Wildman–Crippen MR) is 140 cm³/mol. The third-order valence-corrected chi connectivity index (χ3v) is 5.42. The SMILES string of the molecule is C=CC(=CCC(C=C)CCC=C(C)CCC=C(C)C)CCC=C(C)CCC=C(C)C. The molecule has 1 atom stereocenters. The van der Waals surface area contributed by atoms with Crippen molar-refractivity contribution >= 4 is 0 Å². The average molecular weight is 409 g/mol. The average Bonchev–Trinajstić information content (AvgIpc) is 2.68. The highest BCUT2D eigenvalue weighted by atomic mass is 14.1. The fourth-order valence-electron chi connectivity index (χ4n) is 3.33. The minimum absolute atomic E-state index is 0.545. The summed E-state index contributed by atoms with van der Waals surface area (Å²) in [6.45, 7) is 21.3. The molecule has 1 unspecified atom stereocenters. The van der Waals surface area contributed by atoms with Crippen molar-refractivity contribution in [1.29, 1.82) is 0 Å². The molecule has 0 saturated carbocycles. The Kier molecular flexibility index (Phi) is 16.9. The summed E-state index contributed by atoms with van der Waals surface area (Å²) in [6.07, 6.45) is 26.2. The molecule has 0 aromatic rings. The molecule has 0 fully saturated rings. The van der Waals surface area contributed by atoms with E-state index in [-0.39, 0.29) is 0 Å². The third-order valence-electron chi connectivity index (χ3n) is 5.42. The Hall–Kier alpha value is -1.82. The first-order chi connectivity index (χ1) is 14.3. The second-order valence-electron chi connectivity index (χ2n) is 9.07. The fourth-order valence-corrected chi connectivity index (χ4v) is 3.33. The molecule has 0 spiro atoms. The molecule has 0 aromatic heterocycles. The molecule has 0 amide bonds. The maximum atomic E-state index is 4.06. The van der Waals surface area contributed by atoms with Gasteiger partial charge in [0, 0.05) is 0 Å². The Bertz CT molecular complexity index is 638. The van der Waals surface area contributed by atoms with Crippen LogP contribution in [0.1, 0.15) is 99.3 Å². The smallest absolute Gasteiger partial charge is 0.0198 e. The summed E-state index contributed by atoms with van der Waals surface area (Å²) in [7, 11) is 0. The largest absolute Gasteiger partial charge is 0.103 e. The van der Waals surface area contributed by atoms with E-state index in [0.717, 1.165) is 44.9 Å². The summed E-state index contributed by atoms with van der Waals surface area (Å²) in [4.78, 5) is 0. The molecule has 0 heterocycles. The van der Waals surface area contributed by atoms with E-state index >= 15 is 0 Å².